The fourth-order valence-corrected chi connectivity index (χ4v) is 2.07. The zero-order chi connectivity index (χ0) is 10.6. The zero-order valence-electron chi connectivity index (χ0n) is 9.31. The number of carbonyl (C=O) groups excluding carboxylic acids is 1. The Kier molecular flexibility index (Phi) is 3.93. The number of nitrogens with two attached hydrogens (primary N) is 1. The van der Waals surface area contributed by atoms with Crippen molar-refractivity contribution in [3.05, 3.63) is 0 Å². The first-order valence-corrected chi connectivity index (χ1v) is 5.63. The summed E-state index contributed by atoms with van der Waals surface area (Å²) >= 11 is 0. The molecule has 1 aliphatic carbocycles. The van der Waals surface area contributed by atoms with Crippen molar-refractivity contribution in [2.45, 2.75) is 52.0 Å². The minimum atomic E-state index is -0.122. The lowest BCUT2D eigenvalue weighted by Gasteiger charge is -2.25. The Morgan fingerprint density at radius 1 is 1.50 bits per heavy atom. The average molecular weight is 198 g/mol. The van der Waals surface area contributed by atoms with Crippen LogP contribution in [0.4, 0.5) is 0 Å². The van der Waals surface area contributed by atoms with E-state index in [1.54, 1.807) is 0 Å². The number of rotatable bonds is 4. The van der Waals surface area contributed by atoms with Crippen LogP contribution in [0.15, 0.2) is 0 Å². The minimum absolute atomic E-state index is 0.122. The van der Waals surface area contributed by atoms with E-state index in [0.717, 1.165) is 19.3 Å². The van der Waals surface area contributed by atoms with Crippen molar-refractivity contribution in [1.82, 2.24) is 5.32 Å². The fourth-order valence-electron chi connectivity index (χ4n) is 2.07. The summed E-state index contributed by atoms with van der Waals surface area (Å²) in [7, 11) is 0. The van der Waals surface area contributed by atoms with E-state index in [9.17, 15) is 4.79 Å². The Morgan fingerprint density at radius 2 is 2.07 bits per heavy atom. The lowest BCUT2D eigenvalue weighted by Crippen LogP contribution is -2.45. The van der Waals surface area contributed by atoms with Crippen molar-refractivity contribution in [3.8, 4) is 0 Å². The van der Waals surface area contributed by atoms with Gasteiger partial charge in [-0.25, -0.2) is 0 Å². The molecule has 0 aromatic heterocycles. The number of nitrogens with one attached hydrogen (secondary N) is 1. The second-order valence-corrected chi connectivity index (χ2v) is 4.58. The molecule has 0 saturated heterocycles. The molecule has 1 saturated carbocycles. The second-order valence-electron chi connectivity index (χ2n) is 4.58. The highest BCUT2D eigenvalue weighted by molar-refractivity contribution is 5.82. The molecule has 1 amide bonds. The first-order chi connectivity index (χ1) is 6.62. The monoisotopic (exact) mass is 198 g/mol. The van der Waals surface area contributed by atoms with Crippen molar-refractivity contribution >= 4 is 5.91 Å². The van der Waals surface area contributed by atoms with E-state index in [2.05, 4.69) is 19.2 Å². The Morgan fingerprint density at radius 3 is 2.50 bits per heavy atom. The van der Waals surface area contributed by atoms with Gasteiger partial charge >= 0.3 is 0 Å². The van der Waals surface area contributed by atoms with Gasteiger partial charge in [0.1, 0.15) is 0 Å². The van der Waals surface area contributed by atoms with E-state index in [0.29, 0.717) is 6.54 Å². The van der Waals surface area contributed by atoms with Crippen LogP contribution in [0.25, 0.3) is 0 Å². The van der Waals surface area contributed by atoms with Crippen LogP contribution in [0, 0.1) is 5.41 Å². The molecule has 1 unspecified atom stereocenters. The summed E-state index contributed by atoms with van der Waals surface area (Å²) < 4.78 is 0. The van der Waals surface area contributed by atoms with Crippen molar-refractivity contribution in [1.29, 1.82) is 0 Å². The third kappa shape index (κ3) is 2.47. The van der Waals surface area contributed by atoms with E-state index < -0.39 is 0 Å². The van der Waals surface area contributed by atoms with Crippen LogP contribution >= 0.6 is 0 Å². The molecule has 0 aliphatic heterocycles. The van der Waals surface area contributed by atoms with Crippen LogP contribution in [0.5, 0.6) is 0 Å². The standard InChI is InChI=1S/C11H22N2O/c1-3-9(8-12)13-10(14)11(2)6-4-5-7-11/h9H,3-8,12H2,1-2H3,(H,13,14). The molecule has 1 aliphatic rings. The third-order valence-corrected chi connectivity index (χ3v) is 3.37. The van der Waals surface area contributed by atoms with E-state index in [-0.39, 0.29) is 17.4 Å². The van der Waals surface area contributed by atoms with Crippen molar-refractivity contribution in [2.24, 2.45) is 11.1 Å². The van der Waals surface area contributed by atoms with Gasteiger partial charge in [0, 0.05) is 18.0 Å². The van der Waals surface area contributed by atoms with Gasteiger partial charge in [-0.15, -0.1) is 0 Å². The Balaban J connectivity index is 2.48. The van der Waals surface area contributed by atoms with Crippen LogP contribution in [0.3, 0.4) is 0 Å². The smallest absolute Gasteiger partial charge is 0.226 e. The fraction of sp³-hybridized carbons (Fsp3) is 0.909. The van der Waals surface area contributed by atoms with Gasteiger partial charge in [-0.2, -0.15) is 0 Å². The van der Waals surface area contributed by atoms with Gasteiger partial charge in [0.25, 0.3) is 0 Å². The van der Waals surface area contributed by atoms with Gasteiger partial charge in [-0.1, -0.05) is 26.7 Å². The molecule has 82 valence electrons. The molecule has 0 heterocycles. The van der Waals surface area contributed by atoms with E-state index in [1.807, 2.05) is 0 Å². The largest absolute Gasteiger partial charge is 0.352 e. The quantitative estimate of drug-likeness (QED) is 0.718. The number of carbonyl (C=O) groups is 1. The molecule has 3 heteroatoms. The van der Waals surface area contributed by atoms with Crippen molar-refractivity contribution in [2.75, 3.05) is 6.54 Å². The molecule has 0 spiro atoms. The lowest BCUT2D eigenvalue weighted by atomic mass is 9.87. The van der Waals surface area contributed by atoms with Gasteiger partial charge in [-0.3, -0.25) is 4.79 Å². The summed E-state index contributed by atoms with van der Waals surface area (Å²) in [5, 5.41) is 3.03. The van der Waals surface area contributed by atoms with Gasteiger partial charge in [0.15, 0.2) is 0 Å². The highest BCUT2D eigenvalue weighted by atomic mass is 16.2. The SMILES string of the molecule is CCC(CN)NC(=O)C1(C)CCCC1. The molecule has 0 radical (unpaired) electrons. The molecule has 0 aromatic rings. The van der Waals surface area contributed by atoms with Crippen LogP contribution in [-0.4, -0.2) is 18.5 Å². The second kappa shape index (κ2) is 4.78. The molecule has 3 nitrogen and oxygen atoms in total. The molecule has 0 bridgehead atoms. The predicted molar refractivity (Wildman–Crippen MR) is 57.9 cm³/mol. The molecule has 1 rings (SSSR count). The average Bonchev–Trinajstić information content (AvgIpc) is 2.62. The molecule has 3 N–H and O–H groups in total. The molecule has 1 fully saturated rings. The highest BCUT2D eigenvalue weighted by Crippen LogP contribution is 2.37. The maximum atomic E-state index is 11.9. The first-order valence-electron chi connectivity index (χ1n) is 5.63. The molecule has 14 heavy (non-hydrogen) atoms. The predicted octanol–water partition coefficient (Wildman–Crippen LogP) is 1.42. The number of amides is 1. The number of hydrogen-bond donors (Lipinski definition) is 2. The van der Waals surface area contributed by atoms with Crippen molar-refractivity contribution < 1.29 is 4.79 Å². The van der Waals surface area contributed by atoms with Crippen LogP contribution in [-0.2, 0) is 4.79 Å². The maximum Gasteiger partial charge on any atom is 0.226 e. The molecule has 1 atom stereocenters. The van der Waals surface area contributed by atoms with Gasteiger partial charge in [0.05, 0.1) is 0 Å². The zero-order valence-corrected chi connectivity index (χ0v) is 9.31. The summed E-state index contributed by atoms with van der Waals surface area (Å²) in [5.41, 5.74) is 5.44. The summed E-state index contributed by atoms with van der Waals surface area (Å²) in [5.74, 6) is 0.201. The van der Waals surface area contributed by atoms with Crippen LogP contribution in [0.1, 0.15) is 46.0 Å². The van der Waals surface area contributed by atoms with E-state index >= 15 is 0 Å². The van der Waals surface area contributed by atoms with E-state index in [4.69, 9.17) is 5.73 Å². The topological polar surface area (TPSA) is 55.1 Å². The van der Waals surface area contributed by atoms with Gasteiger partial charge < -0.3 is 11.1 Å². The summed E-state index contributed by atoms with van der Waals surface area (Å²) in [4.78, 5) is 11.9. The third-order valence-electron chi connectivity index (χ3n) is 3.37. The maximum absolute atomic E-state index is 11.9. The number of hydrogen-bond acceptors (Lipinski definition) is 2. The van der Waals surface area contributed by atoms with Crippen molar-refractivity contribution in [3.63, 3.8) is 0 Å². The van der Waals surface area contributed by atoms with Crippen LogP contribution < -0.4 is 11.1 Å². The Bertz CT molecular complexity index is 193. The lowest BCUT2D eigenvalue weighted by molar-refractivity contribution is -0.130. The summed E-state index contributed by atoms with van der Waals surface area (Å²) in [6.07, 6.45) is 5.34. The Hall–Kier alpha value is -0.570. The molecular formula is C11H22N2O. The van der Waals surface area contributed by atoms with Gasteiger partial charge in [0.2, 0.25) is 5.91 Å². The molecule has 0 aromatic carbocycles. The summed E-state index contributed by atoms with van der Waals surface area (Å²) in [6, 6.07) is 0.153. The highest BCUT2D eigenvalue weighted by Gasteiger charge is 2.36. The Labute approximate surface area is 86.4 Å². The summed E-state index contributed by atoms with van der Waals surface area (Å²) in [6.45, 7) is 4.66. The van der Waals surface area contributed by atoms with E-state index in [1.165, 1.54) is 12.8 Å². The normalized spacial score (nSPS) is 21.9. The minimum Gasteiger partial charge on any atom is -0.352 e. The van der Waals surface area contributed by atoms with Gasteiger partial charge in [-0.05, 0) is 19.3 Å². The molecular weight excluding hydrogens is 176 g/mol. The van der Waals surface area contributed by atoms with Crippen LogP contribution in [0.2, 0.25) is 0 Å². The first kappa shape index (κ1) is 11.5.